The number of hydrogen-bond donors (Lipinski definition) is 1. The third-order valence-electron chi connectivity index (χ3n) is 4.66. The molecular formula is C15H27N3O2. The average Bonchev–Trinajstić information content (AvgIpc) is 3.17. The highest BCUT2D eigenvalue weighted by atomic mass is 16.5. The van der Waals surface area contributed by atoms with Gasteiger partial charge in [-0.15, -0.1) is 0 Å². The van der Waals surface area contributed by atoms with Crippen LogP contribution in [0.5, 0.6) is 0 Å². The summed E-state index contributed by atoms with van der Waals surface area (Å²) in [5.74, 6) is 1.78. The van der Waals surface area contributed by atoms with Gasteiger partial charge in [-0.05, 0) is 37.6 Å². The first-order valence-corrected chi connectivity index (χ1v) is 8.10. The summed E-state index contributed by atoms with van der Waals surface area (Å²) in [4.78, 5) is 16.6. The van der Waals surface area contributed by atoms with Crippen molar-refractivity contribution in [3.63, 3.8) is 0 Å². The van der Waals surface area contributed by atoms with Gasteiger partial charge in [-0.1, -0.05) is 0 Å². The molecule has 0 aromatic rings. The Morgan fingerprint density at radius 1 is 1.10 bits per heavy atom. The molecule has 0 aromatic heterocycles. The first-order valence-electron chi connectivity index (χ1n) is 8.10. The van der Waals surface area contributed by atoms with Gasteiger partial charge in [-0.25, -0.2) is 0 Å². The van der Waals surface area contributed by atoms with E-state index in [0.29, 0.717) is 12.5 Å². The van der Waals surface area contributed by atoms with E-state index in [-0.39, 0.29) is 5.91 Å². The minimum atomic E-state index is 0.287. The third-order valence-corrected chi connectivity index (χ3v) is 4.66. The molecule has 0 bridgehead atoms. The van der Waals surface area contributed by atoms with Crippen LogP contribution in [-0.2, 0) is 9.53 Å². The molecule has 1 atom stereocenters. The summed E-state index contributed by atoms with van der Waals surface area (Å²) in [5, 5.41) is 3.30. The van der Waals surface area contributed by atoms with E-state index in [1.807, 2.05) is 4.90 Å². The van der Waals surface area contributed by atoms with Crippen molar-refractivity contribution < 1.29 is 9.53 Å². The fraction of sp³-hybridized carbons (Fsp3) is 0.933. The Morgan fingerprint density at radius 3 is 2.65 bits per heavy atom. The van der Waals surface area contributed by atoms with Gasteiger partial charge in [0.1, 0.15) is 0 Å². The fourth-order valence-electron chi connectivity index (χ4n) is 3.17. The lowest BCUT2D eigenvalue weighted by molar-refractivity contribution is -0.129. The van der Waals surface area contributed by atoms with Gasteiger partial charge >= 0.3 is 0 Å². The van der Waals surface area contributed by atoms with Crippen LogP contribution in [0.1, 0.15) is 19.3 Å². The second-order valence-electron chi connectivity index (χ2n) is 6.48. The number of rotatable bonds is 6. The van der Waals surface area contributed by atoms with Crippen LogP contribution in [0.25, 0.3) is 0 Å². The Hall–Kier alpha value is -0.650. The standard InChI is InChI=1S/C15H27N3O2/c19-15(10-16-9-13-1-2-13)18-4-3-14(12-18)11-17-5-7-20-8-6-17/h13-14,16H,1-12H2. The SMILES string of the molecule is O=C(CNCC1CC1)N1CCC(CN2CCOCC2)C1. The van der Waals surface area contributed by atoms with Crippen LogP contribution in [0, 0.1) is 11.8 Å². The van der Waals surface area contributed by atoms with Crippen LogP contribution in [0.4, 0.5) is 0 Å². The van der Waals surface area contributed by atoms with Crippen molar-refractivity contribution in [1.29, 1.82) is 0 Å². The minimum Gasteiger partial charge on any atom is -0.379 e. The molecule has 0 aromatic carbocycles. The maximum atomic E-state index is 12.1. The molecule has 0 spiro atoms. The summed E-state index contributed by atoms with van der Waals surface area (Å²) in [6.45, 7) is 8.39. The van der Waals surface area contributed by atoms with Gasteiger partial charge in [0, 0.05) is 32.7 Å². The van der Waals surface area contributed by atoms with Crippen molar-refractivity contribution >= 4 is 5.91 Å². The summed E-state index contributed by atoms with van der Waals surface area (Å²) in [5.41, 5.74) is 0. The van der Waals surface area contributed by atoms with Gasteiger partial charge in [0.15, 0.2) is 0 Å². The van der Waals surface area contributed by atoms with Crippen LogP contribution in [-0.4, -0.2) is 74.7 Å². The first kappa shape index (κ1) is 14.3. The Labute approximate surface area is 121 Å². The van der Waals surface area contributed by atoms with Gasteiger partial charge < -0.3 is 15.0 Å². The number of ether oxygens (including phenoxy) is 1. The van der Waals surface area contributed by atoms with E-state index in [1.54, 1.807) is 0 Å². The summed E-state index contributed by atoms with van der Waals surface area (Å²) in [6, 6.07) is 0. The van der Waals surface area contributed by atoms with Gasteiger partial charge in [0.25, 0.3) is 0 Å². The van der Waals surface area contributed by atoms with Crippen molar-refractivity contribution in [2.75, 3.05) is 59.0 Å². The predicted octanol–water partition coefficient (Wildman–Crippen LogP) is 0.167. The monoisotopic (exact) mass is 281 g/mol. The molecular weight excluding hydrogens is 254 g/mol. The van der Waals surface area contributed by atoms with Gasteiger partial charge in [-0.3, -0.25) is 9.69 Å². The van der Waals surface area contributed by atoms with Crippen LogP contribution in [0.2, 0.25) is 0 Å². The second-order valence-corrected chi connectivity index (χ2v) is 6.48. The van der Waals surface area contributed by atoms with E-state index in [1.165, 1.54) is 12.8 Å². The Morgan fingerprint density at radius 2 is 1.90 bits per heavy atom. The first-order chi connectivity index (χ1) is 9.81. The minimum absolute atomic E-state index is 0.287. The maximum Gasteiger partial charge on any atom is 0.236 e. The molecule has 1 unspecified atom stereocenters. The molecule has 1 N–H and O–H groups in total. The lowest BCUT2D eigenvalue weighted by Gasteiger charge is -2.29. The van der Waals surface area contributed by atoms with Gasteiger partial charge in [0.2, 0.25) is 5.91 Å². The van der Waals surface area contributed by atoms with Crippen molar-refractivity contribution in [2.45, 2.75) is 19.3 Å². The van der Waals surface area contributed by atoms with Crippen LogP contribution >= 0.6 is 0 Å². The zero-order valence-corrected chi connectivity index (χ0v) is 12.4. The molecule has 0 radical (unpaired) electrons. The molecule has 1 aliphatic carbocycles. The van der Waals surface area contributed by atoms with Gasteiger partial charge in [0.05, 0.1) is 19.8 Å². The number of morpholine rings is 1. The van der Waals surface area contributed by atoms with E-state index in [4.69, 9.17) is 4.74 Å². The summed E-state index contributed by atoms with van der Waals surface area (Å²) in [7, 11) is 0. The van der Waals surface area contributed by atoms with Crippen LogP contribution < -0.4 is 5.32 Å². The van der Waals surface area contributed by atoms with E-state index < -0.39 is 0 Å². The molecule has 3 rings (SSSR count). The summed E-state index contributed by atoms with van der Waals surface area (Å²) >= 11 is 0. The Balaban J connectivity index is 1.33. The Kier molecular flexibility index (Phi) is 4.91. The fourth-order valence-corrected chi connectivity index (χ4v) is 3.17. The van der Waals surface area contributed by atoms with Crippen molar-refractivity contribution in [3.05, 3.63) is 0 Å². The van der Waals surface area contributed by atoms with Gasteiger partial charge in [-0.2, -0.15) is 0 Å². The number of carbonyl (C=O) groups is 1. The summed E-state index contributed by atoms with van der Waals surface area (Å²) < 4.78 is 5.38. The van der Waals surface area contributed by atoms with E-state index in [9.17, 15) is 4.79 Å². The second kappa shape index (κ2) is 6.87. The molecule has 1 saturated carbocycles. The normalized spacial score (nSPS) is 28.0. The number of hydrogen-bond acceptors (Lipinski definition) is 4. The zero-order valence-electron chi connectivity index (χ0n) is 12.4. The molecule has 5 heteroatoms. The smallest absolute Gasteiger partial charge is 0.236 e. The zero-order chi connectivity index (χ0) is 13.8. The van der Waals surface area contributed by atoms with Crippen LogP contribution in [0.3, 0.4) is 0 Å². The maximum absolute atomic E-state index is 12.1. The highest BCUT2D eigenvalue weighted by Gasteiger charge is 2.28. The van der Waals surface area contributed by atoms with E-state index in [2.05, 4.69) is 10.2 Å². The van der Waals surface area contributed by atoms with Crippen molar-refractivity contribution in [2.24, 2.45) is 11.8 Å². The molecule has 20 heavy (non-hydrogen) atoms. The Bertz CT molecular complexity index is 327. The number of nitrogens with one attached hydrogen (secondary N) is 1. The number of nitrogens with zero attached hydrogens (tertiary/aromatic N) is 2. The molecule has 2 aliphatic heterocycles. The van der Waals surface area contributed by atoms with E-state index >= 15 is 0 Å². The molecule has 2 heterocycles. The molecule has 3 fully saturated rings. The topological polar surface area (TPSA) is 44.8 Å². The molecule has 3 aliphatic rings. The lowest BCUT2D eigenvalue weighted by atomic mass is 10.1. The summed E-state index contributed by atoms with van der Waals surface area (Å²) in [6.07, 6.45) is 3.84. The largest absolute Gasteiger partial charge is 0.379 e. The van der Waals surface area contributed by atoms with E-state index in [0.717, 1.165) is 64.8 Å². The average molecular weight is 281 g/mol. The number of amides is 1. The highest BCUT2D eigenvalue weighted by molar-refractivity contribution is 5.78. The van der Waals surface area contributed by atoms with Crippen molar-refractivity contribution in [3.8, 4) is 0 Å². The molecule has 2 saturated heterocycles. The van der Waals surface area contributed by atoms with Crippen molar-refractivity contribution in [1.82, 2.24) is 15.1 Å². The highest BCUT2D eigenvalue weighted by Crippen LogP contribution is 2.27. The number of carbonyl (C=O) groups excluding carboxylic acids is 1. The molecule has 5 nitrogen and oxygen atoms in total. The molecule has 114 valence electrons. The quantitative estimate of drug-likeness (QED) is 0.754. The third kappa shape index (κ3) is 4.17. The van der Waals surface area contributed by atoms with Crippen LogP contribution in [0.15, 0.2) is 0 Å². The molecule has 1 amide bonds. The predicted molar refractivity (Wildman–Crippen MR) is 77.5 cm³/mol. The lowest BCUT2D eigenvalue weighted by Crippen LogP contribution is -2.41. The number of likely N-dealkylation sites (tertiary alicyclic amines) is 1.